The number of rotatable bonds is 12. The highest BCUT2D eigenvalue weighted by Crippen LogP contribution is 2.35. The van der Waals surface area contributed by atoms with Crippen LogP contribution in [-0.4, -0.2) is 62.1 Å². The Morgan fingerprint density at radius 1 is 1.06 bits per heavy atom. The van der Waals surface area contributed by atoms with Crippen molar-refractivity contribution in [3.05, 3.63) is 35.4 Å². The van der Waals surface area contributed by atoms with Gasteiger partial charge in [0, 0.05) is 25.8 Å². The summed E-state index contributed by atoms with van der Waals surface area (Å²) in [5.74, 6) is 0.0890. The molecule has 1 aliphatic rings. The molecule has 0 atom stereocenters. The van der Waals surface area contributed by atoms with E-state index >= 15 is 0 Å². The fourth-order valence-electron chi connectivity index (χ4n) is 4.24. The summed E-state index contributed by atoms with van der Waals surface area (Å²) in [6.07, 6.45) is 3.28. The molecular formula is C25H37N3O5. The lowest BCUT2D eigenvalue weighted by Gasteiger charge is -2.38. The highest BCUT2D eigenvalue weighted by Gasteiger charge is 2.31. The molecule has 0 aliphatic heterocycles. The molecule has 2 amide bonds. The van der Waals surface area contributed by atoms with E-state index in [1.165, 1.54) is 5.56 Å². The summed E-state index contributed by atoms with van der Waals surface area (Å²) in [7, 11) is 0. The first kappa shape index (κ1) is 26.6. The third-order valence-electron chi connectivity index (χ3n) is 5.87. The van der Waals surface area contributed by atoms with Gasteiger partial charge in [0.25, 0.3) is 0 Å². The fraction of sp³-hybridized carbons (Fsp3) is 0.640. The van der Waals surface area contributed by atoms with Crippen LogP contribution in [0.15, 0.2) is 24.3 Å². The molecule has 1 aromatic carbocycles. The number of carbonyl (C=O) groups excluding carboxylic acids is 2. The molecule has 1 aliphatic carbocycles. The van der Waals surface area contributed by atoms with Gasteiger partial charge in [-0.2, -0.15) is 5.26 Å². The summed E-state index contributed by atoms with van der Waals surface area (Å²) >= 11 is 0. The molecular weight excluding hydrogens is 422 g/mol. The number of carbonyl (C=O) groups is 2. The molecule has 182 valence electrons. The van der Waals surface area contributed by atoms with Gasteiger partial charge in [-0.25, -0.2) is 4.79 Å². The summed E-state index contributed by atoms with van der Waals surface area (Å²) in [4.78, 5) is 26.5. The van der Waals surface area contributed by atoms with Crippen molar-refractivity contribution in [2.75, 3.05) is 32.9 Å². The number of urea groups is 1. The van der Waals surface area contributed by atoms with Crippen molar-refractivity contribution in [3.8, 4) is 6.07 Å². The maximum Gasteiger partial charge on any atom is 0.317 e. The Morgan fingerprint density at radius 3 is 2.24 bits per heavy atom. The number of nitriles is 1. The van der Waals surface area contributed by atoms with Crippen molar-refractivity contribution < 1.29 is 23.8 Å². The number of nitrogens with zero attached hydrogens (tertiary/aromatic N) is 2. The maximum atomic E-state index is 13.1. The van der Waals surface area contributed by atoms with Crippen LogP contribution < -0.4 is 5.32 Å². The van der Waals surface area contributed by atoms with Gasteiger partial charge >= 0.3 is 12.0 Å². The summed E-state index contributed by atoms with van der Waals surface area (Å²) in [5, 5.41) is 11.9. The van der Waals surface area contributed by atoms with Gasteiger partial charge in [-0.3, -0.25) is 4.79 Å². The van der Waals surface area contributed by atoms with Gasteiger partial charge in [-0.1, -0.05) is 12.1 Å². The normalized spacial score (nSPS) is 17.9. The molecule has 0 unspecified atom stereocenters. The van der Waals surface area contributed by atoms with E-state index in [-0.39, 0.29) is 31.0 Å². The second-order valence-corrected chi connectivity index (χ2v) is 8.02. The van der Waals surface area contributed by atoms with Crippen LogP contribution in [0.3, 0.4) is 0 Å². The Labute approximate surface area is 197 Å². The minimum atomic E-state index is -0.493. The Morgan fingerprint density at radius 2 is 1.70 bits per heavy atom. The molecule has 0 aromatic heterocycles. The third-order valence-corrected chi connectivity index (χ3v) is 5.87. The average Bonchev–Trinajstić information content (AvgIpc) is 2.83. The molecule has 0 bridgehead atoms. The standard InChI is InChI=1S/C25H37N3O5/c1-4-31-23(29)15-16-27-25(30)28(18-24(32-5-2)33-6-3)22-13-11-21(12-14-22)20-9-7-19(17-26)8-10-20/h7-10,21-22,24H,4-6,11-16,18H2,1-3H3,(H,27,30). The van der Waals surface area contributed by atoms with Gasteiger partial charge in [0.1, 0.15) is 0 Å². The Bertz CT molecular complexity index is 763. The van der Waals surface area contributed by atoms with Crippen LogP contribution in [0.4, 0.5) is 4.79 Å². The monoisotopic (exact) mass is 459 g/mol. The van der Waals surface area contributed by atoms with E-state index in [1.54, 1.807) is 11.8 Å². The Hall–Kier alpha value is -2.63. The lowest BCUT2D eigenvalue weighted by Crippen LogP contribution is -2.51. The van der Waals surface area contributed by atoms with Crippen LogP contribution in [0, 0.1) is 11.3 Å². The quantitative estimate of drug-likeness (QED) is 0.375. The molecule has 2 rings (SSSR count). The average molecular weight is 460 g/mol. The van der Waals surface area contributed by atoms with Gasteiger partial charge in [-0.15, -0.1) is 0 Å². The third kappa shape index (κ3) is 8.67. The molecule has 0 spiro atoms. The summed E-state index contributed by atoms with van der Waals surface area (Å²) in [6.45, 7) is 7.43. The minimum Gasteiger partial charge on any atom is -0.466 e. The van der Waals surface area contributed by atoms with Crippen LogP contribution >= 0.6 is 0 Å². The van der Waals surface area contributed by atoms with Crippen LogP contribution in [0.2, 0.25) is 0 Å². The summed E-state index contributed by atoms with van der Waals surface area (Å²) in [5.41, 5.74) is 1.90. The van der Waals surface area contributed by atoms with Gasteiger partial charge in [-0.05, 0) is 70.1 Å². The zero-order valence-corrected chi connectivity index (χ0v) is 20.0. The molecule has 0 radical (unpaired) electrons. The van der Waals surface area contributed by atoms with Crippen molar-refractivity contribution in [1.29, 1.82) is 5.26 Å². The number of ether oxygens (including phenoxy) is 3. The molecule has 1 saturated carbocycles. The van der Waals surface area contributed by atoms with E-state index in [2.05, 4.69) is 11.4 Å². The van der Waals surface area contributed by atoms with Crippen molar-refractivity contribution >= 4 is 12.0 Å². The number of amides is 2. The van der Waals surface area contributed by atoms with E-state index in [1.807, 2.05) is 38.1 Å². The lowest BCUT2D eigenvalue weighted by atomic mass is 9.81. The highest BCUT2D eigenvalue weighted by atomic mass is 16.7. The van der Waals surface area contributed by atoms with E-state index in [0.717, 1.165) is 25.7 Å². The summed E-state index contributed by atoms with van der Waals surface area (Å²) < 4.78 is 16.3. The molecule has 8 heteroatoms. The largest absolute Gasteiger partial charge is 0.466 e. The molecule has 8 nitrogen and oxygen atoms in total. The minimum absolute atomic E-state index is 0.0608. The Balaban J connectivity index is 2.01. The summed E-state index contributed by atoms with van der Waals surface area (Å²) in [6, 6.07) is 9.78. The smallest absolute Gasteiger partial charge is 0.317 e. The fourth-order valence-corrected chi connectivity index (χ4v) is 4.24. The zero-order chi connectivity index (χ0) is 24.1. The van der Waals surface area contributed by atoms with E-state index < -0.39 is 6.29 Å². The van der Waals surface area contributed by atoms with Gasteiger partial charge in [0.05, 0.1) is 31.2 Å². The first-order chi connectivity index (χ1) is 16.0. The van der Waals surface area contributed by atoms with Gasteiger partial charge < -0.3 is 24.4 Å². The van der Waals surface area contributed by atoms with E-state index in [4.69, 9.17) is 19.5 Å². The predicted octanol–water partition coefficient (Wildman–Crippen LogP) is 3.95. The number of esters is 1. The van der Waals surface area contributed by atoms with Crippen molar-refractivity contribution in [3.63, 3.8) is 0 Å². The molecule has 1 fully saturated rings. The van der Waals surface area contributed by atoms with Crippen LogP contribution in [-0.2, 0) is 19.0 Å². The van der Waals surface area contributed by atoms with E-state index in [9.17, 15) is 9.59 Å². The number of hydrogen-bond donors (Lipinski definition) is 1. The Kier molecular flexibility index (Phi) is 11.7. The second-order valence-electron chi connectivity index (χ2n) is 8.02. The van der Waals surface area contributed by atoms with Crippen LogP contribution in [0.5, 0.6) is 0 Å². The van der Waals surface area contributed by atoms with Crippen molar-refractivity contribution in [1.82, 2.24) is 10.2 Å². The molecule has 1 aromatic rings. The molecule has 33 heavy (non-hydrogen) atoms. The first-order valence-corrected chi connectivity index (χ1v) is 12.0. The maximum absolute atomic E-state index is 13.1. The topological polar surface area (TPSA) is 101 Å². The van der Waals surface area contributed by atoms with Crippen molar-refractivity contribution in [2.24, 2.45) is 0 Å². The molecule has 1 N–H and O–H groups in total. The van der Waals surface area contributed by atoms with Gasteiger partial charge in [0.15, 0.2) is 6.29 Å². The van der Waals surface area contributed by atoms with Crippen LogP contribution in [0.1, 0.15) is 69.9 Å². The highest BCUT2D eigenvalue weighted by molar-refractivity contribution is 5.76. The molecule has 0 heterocycles. The lowest BCUT2D eigenvalue weighted by molar-refractivity contribution is -0.146. The van der Waals surface area contributed by atoms with Crippen LogP contribution in [0.25, 0.3) is 0 Å². The number of nitrogens with one attached hydrogen (secondary N) is 1. The predicted molar refractivity (Wildman–Crippen MR) is 125 cm³/mol. The molecule has 0 saturated heterocycles. The second kappa shape index (κ2) is 14.5. The number of hydrogen-bond acceptors (Lipinski definition) is 6. The van der Waals surface area contributed by atoms with E-state index in [0.29, 0.717) is 37.8 Å². The zero-order valence-electron chi connectivity index (χ0n) is 20.0. The van der Waals surface area contributed by atoms with Gasteiger partial charge in [0.2, 0.25) is 0 Å². The SMILES string of the molecule is CCOC(=O)CCNC(=O)N(CC(OCC)OCC)C1CCC(c2ccc(C#N)cc2)CC1. The van der Waals surface area contributed by atoms with Crippen molar-refractivity contribution in [2.45, 2.75) is 71.1 Å². The number of benzene rings is 1. The first-order valence-electron chi connectivity index (χ1n) is 12.0.